The van der Waals surface area contributed by atoms with Crippen molar-refractivity contribution in [3.63, 3.8) is 0 Å². The van der Waals surface area contributed by atoms with Crippen molar-refractivity contribution < 1.29 is 19.1 Å². The van der Waals surface area contributed by atoms with E-state index in [9.17, 15) is 9.59 Å². The van der Waals surface area contributed by atoms with E-state index in [4.69, 9.17) is 9.47 Å². The third-order valence-electron chi connectivity index (χ3n) is 3.88. The quantitative estimate of drug-likeness (QED) is 0.569. The average molecular weight is 514 g/mol. The monoisotopic (exact) mass is 512 g/mol. The van der Waals surface area contributed by atoms with Gasteiger partial charge in [-0.25, -0.2) is 0 Å². The normalized spacial score (nSPS) is 11.5. The Morgan fingerprint density at radius 3 is 2.43 bits per heavy atom. The zero-order valence-corrected chi connectivity index (χ0v) is 19.2. The molecule has 2 aromatic rings. The first-order valence-electron chi connectivity index (χ1n) is 8.58. The molecule has 1 atom stereocenters. The molecule has 0 spiro atoms. The van der Waals surface area contributed by atoms with Crippen molar-refractivity contribution in [1.82, 2.24) is 10.9 Å². The van der Waals surface area contributed by atoms with Crippen molar-refractivity contribution in [3.8, 4) is 11.5 Å². The second-order valence-corrected chi connectivity index (χ2v) is 8.16. The molecule has 2 amide bonds. The van der Waals surface area contributed by atoms with E-state index >= 15 is 0 Å². The second kappa shape index (κ2) is 9.93. The summed E-state index contributed by atoms with van der Waals surface area (Å²) >= 11 is 6.79. The fourth-order valence-electron chi connectivity index (χ4n) is 2.36. The van der Waals surface area contributed by atoms with E-state index in [0.717, 1.165) is 25.6 Å². The standard InChI is InChI=1S/C20H22Br2N2O4/c1-11-5-6-12(2)17(7-11)28-14(4)20(26)24-23-18(25)10-27-19-13(3)8-15(21)9-16(19)22/h5-9,14H,10H2,1-4H3,(H,23,25)(H,24,26). The zero-order chi connectivity index (χ0) is 20.8. The van der Waals surface area contributed by atoms with Crippen molar-refractivity contribution in [2.45, 2.75) is 33.8 Å². The van der Waals surface area contributed by atoms with Gasteiger partial charge in [0.2, 0.25) is 0 Å². The van der Waals surface area contributed by atoms with Crippen LogP contribution in [0.1, 0.15) is 23.6 Å². The van der Waals surface area contributed by atoms with E-state index in [1.807, 2.05) is 51.1 Å². The van der Waals surface area contributed by atoms with Crippen molar-refractivity contribution in [3.05, 3.63) is 56.0 Å². The Bertz CT molecular complexity index is 863. The number of nitrogens with one attached hydrogen (secondary N) is 2. The first-order valence-corrected chi connectivity index (χ1v) is 10.2. The molecule has 0 saturated carbocycles. The Morgan fingerprint density at radius 1 is 1.04 bits per heavy atom. The molecule has 0 aliphatic heterocycles. The van der Waals surface area contributed by atoms with Gasteiger partial charge in [-0.05, 0) is 78.5 Å². The fraction of sp³-hybridized carbons (Fsp3) is 0.300. The number of ether oxygens (including phenoxy) is 2. The van der Waals surface area contributed by atoms with Gasteiger partial charge in [0.05, 0.1) is 4.47 Å². The lowest BCUT2D eigenvalue weighted by Gasteiger charge is -2.17. The highest BCUT2D eigenvalue weighted by Gasteiger charge is 2.17. The number of hydrogen-bond acceptors (Lipinski definition) is 4. The van der Waals surface area contributed by atoms with Crippen LogP contribution < -0.4 is 20.3 Å². The third-order valence-corrected chi connectivity index (χ3v) is 4.93. The number of hydrogen-bond donors (Lipinski definition) is 2. The van der Waals surface area contributed by atoms with Crippen molar-refractivity contribution in [1.29, 1.82) is 0 Å². The Hall–Kier alpha value is -2.06. The highest BCUT2D eigenvalue weighted by Crippen LogP contribution is 2.32. The second-order valence-electron chi connectivity index (χ2n) is 6.39. The van der Waals surface area contributed by atoms with Crippen LogP contribution in [0.4, 0.5) is 0 Å². The molecule has 0 saturated heterocycles. The highest BCUT2D eigenvalue weighted by molar-refractivity contribution is 9.11. The van der Waals surface area contributed by atoms with Crippen LogP contribution in [0, 0.1) is 20.8 Å². The maximum Gasteiger partial charge on any atom is 0.279 e. The summed E-state index contributed by atoms with van der Waals surface area (Å²) in [7, 11) is 0. The molecule has 28 heavy (non-hydrogen) atoms. The Balaban J connectivity index is 1.83. The molecule has 0 radical (unpaired) electrons. The summed E-state index contributed by atoms with van der Waals surface area (Å²) in [6.45, 7) is 7.09. The van der Waals surface area contributed by atoms with Gasteiger partial charge in [-0.1, -0.05) is 28.1 Å². The smallest absolute Gasteiger partial charge is 0.279 e. The largest absolute Gasteiger partial charge is 0.482 e. The third kappa shape index (κ3) is 6.24. The zero-order valence-electron chi connectivity index (χ0n) is 16.1. The lowest BCUT2D eigenvalue weighted by atomic mass is 10.1. The first kappa shape index (κ1) is 22.2. The minimum atomic E-state index is -0.774. The Morgan fingerprint density at radius 2 is 1.75 bits per heavy atom. The van der Waals surface area contributed by atoms with Crippen LogP contribution in [0.25, 0.3) is 0 Å². The van der Waals surface area contributed by atoms with Crippen LogP contribution in [0.3, 0.4) is 0 Å². The van der Waals surface area contributed by atoms with Crippen molar-refractivity contribution in [2.24, 2.45) is 0 Å². The molecule has 2 aromatic carbocycles. The molecule has 0 bridgehead atoms. The molecule has 8 heteroatoms. The number of aryl methyl sites for hydroxylation is 3. The van der Waals surface area contributed by atoms with Gasteiger partial charge in [0.25, 0.3) is 11.8 Å². The summed E-state index contributed by atoms with van der Waals surface area (Å²) in [5, 5.41) is 0. The molecule has 0 heterocycles. The van der Waals surface area contributed by atoms with E-state index in [1.54, 1.807) is 6.92 Å². The van der Waals surface area contributed by atoms with Gasteiger partial charge in [0, 0.05) is 4.47 Å². The van der Waals surface area contributed by atoms with Gasteiger partial charge in [-0.15, -0.1) is 0 Å². The van der Waals surface area contributed by atoms with Crippen LogP contribution in [0.5, 0.6) is 11.5 Å². The lowest BCUT2D eigenvalue weighted by Crippen LogP contribution is -2.48. The maximum absolute atomic E-state index is 12.2. The molecular formula is C20H22Br2N2O4. The molecule has 0 aliphatic carbocycles. The minimum absolute atomic E-state index is 0.242. The Labute approximate surface area is 181 Å². The summed E-state index contributed by atoms with van der Waals surface area (Å²) in [5.74, 6) is 0.251. The number of amides is 2. The number of hydrazine groups is 1. The average Bonchev–Trinajstić information content (AvgIpc) is 2.61. The number of halogens is 2. The fourth-order valence-corrected chi connectivity index (χ4v) is 3.91. The number of carbonyl (C=O) groups is 2. The van der Waals surface area contributed by atoms with Crippen LogP contribution >= 0.6 is 31.9 Å². The summed E-state index contributed by atoms with van der Waals surface area (Å²) in [4.78, 5) is 24.1. The van der Waals surface area contributed by atoms with Crippen molar-refractivity contribution in [2.75, 3.05) is 6.61 Å². The van der Waals surface area contributed by atoms with Gasteiger partial charge in [0.15, 0.2) is 12.7 Å². The molecule has 2 rings (SSSR count). The highest BCUT2D eigenvalue weighted by atomic mass is 79.9. The van der Waals surface area contributed by atoms with Gasteiger partial charge in [-0.2, -0.15) is 0 Å². The van der Waals surface area contributed by atoms with Crippen LogP contribution in [0.15, 0.2) is 39.3 Å². The predicted molar refractivity (Wildman–Crippen MR) is 114 cm³/mol. The number of benzene rings is 2. The summed E-state index contributed by atoms with van der Waals surface area (Å²) in [5.41, 5.74) is 7.51. The molecule has 0 aromatic heterocycles. The van der Waals surface area contributed by atoms with Gasteiger partial charge < -0.3 is 9.47 Å². The SMILES string of the molecule is Cc1ccc(C)c(OC(C)C(=O)NNC(=O)COc2c(C)cc(Br)cc2Br)c1. The summed E-state index contributed by atoms with van der Waals surface area (Å²) in [6, 6.07) is 9.47. The maximum atomic E-state index is 12.2. The summed E-state index contributed by atoms with van der Waals surface area (Å²) in [6.07, 6.45) is -0.774. The first-order chi connectivity index (χ1) is 13.2. The van der Waals surface area contributed by atoms with E-state index in [1.165, 1.54) is 0 Å². The molecule has 150 valence electrons. The minimum Gasteiger partial charge on any atom is -0.482 e. The molecular weight excluding hydrogens is 492 g/mol. The number of carbonyl (C=O) groups excluding carboxylic acids is 2. The summed E-state index contributed by atoms with van der Waals surface area (Å²) < 4.78 is 12.9. The van der Waals surface area contributed by atoms with E-state index in [2.05, 4.69) is 42.7 Å². The van der Waals surface area contributed by atoms with Crippen LogP contribution in [-0.4, -0.2) is 24.5 Å². The van der Waals surface area contributed by atoms with Crippen LogP contribution in [-0.2, 0) is 9.59 Å². The molecule has 1 unspecified atom stereocenters. The van der Waals surface area contributed by atoms with Crippen molar-refractivity contribution >= 4 is 43.7 Å². The van der Waals surface area contributed by atoms with E-state index in [0.29, 0.717) is 11.5 Å². The Kier molecular flexibility index (Phi) is 7.88. The van der Waals surface area contributed by atoms with Gasteiger partial charge >= 0.3 is 0 Å². The predicted octanol–water partition coefficient (Wildman–Crippen LogP) is 4.13. The molecule has 6 nitrogen and oxygen atoms in total. The molecule has 0 aliphatic rings. The van der Waals surface area contributed by atoms with E-state index in [-0.39, 0.29) is 6.61 Å². The molecule has 0 fully saturated rings. The molecule has 2 N–H and O–H groups in total. The van der Waals surface area contributed by atoms with Gasteiger partial charge in [-0.3, -0.25) is 20.4 Å². The van der Waals surface area contributed by atoms with E-state index < -0.39 is 17.9 Å². The van der Waals surface area contributed by atoms with Crippen LogP contribution in [0.2, 0.25) is 0 Å². The topological polar surface area (TPSA) is 76.7 Å². The number of rotatable bonds is 6. The lowest BCUT2D eigenvalue weighted by molar-refractivity contribution is -0.133. The van der Waals surface area contributed by atoms with Gasteiger partial charge in [0.1, 0.15) is 11.5 Å².